The van der Waals surface area contributed by atoms with Crippen LogP contribution < -0.4 is 0 Å². The van der Waals surface area contributed by atoms with Crippen LogP contribution in [0, 0.1) is 5.41 Å². The van der Waals surface area contributed by atoms with E-state index in [1.54, 1.807) is 14.2 Å². The monoisotopic (exact) mass is 174 g/mol. The van der Waals surface area contributed by atoms with Crippen molar-refractivity contribution >= 4 is 0 Å². The van der Waals surface area contributed by atoms with Gasteiger partial charge in [-0.25, -0.2) is 0 Å². The van der Waals surface area contributed by atoms with E-state index in [2.05, 4.69) is 20.8 Å². The molecule has 0 aromatic heterocycles. The number of rotatable bonds is 5. The second kappa shape index (κ2) is 5.55. The third-order valence-corrected chi connectivity index (χ3v) is 1.90. The molecule has 0 aromatic carbocycles. The molecule has 0 saturated heterocycles. The fourth-order valence-electron chi connectivity index (χ4n) is 1.05. The van der Waals surface area contributed by atoms with Crippen LogP contribution in [0.25, 0.3) is 0 Å². The minimum Gasteiger partial charge on any atom is -0.382 e. The SMILES string of the molecule is COCC(CCC(C)(C)C)OC. The first-order valence-electron chi connectivity index (χ1n) is 4.51. The molecule has 0 saturated carbocycles. The molecule has 0 aliphatic carbocycles. The molecule has 0 amide bonds. The van der Waals surface area contributed by atoms with Gasteiger partial charge < -0.3 is 9.47 Å². The summed E-state index contributed by atoms with van der Waals surface area (Å²) in [7, 11) is 3.45. The van der Waals surface area contributed by atoms with Gasteiger partial charge in [0, 0.05) is 14.2 Å². The summed E-state index contributed by atoms with van der Waals surface area (Å²) in [5.41, 5.74) is 0.393. The van der Waals surface area contributed by atoms with Gasteiger partial charge in [-0.3, -0.25) is 0 Å². The summed E-state index contributed by atoms with van der Waals surface area (Å²) < 4.78 is 10.3. The molecule has 74 valence electrons. The Kier molecular flexibility index (Phi) is 5.51. The lowest BCUT2D eigenvalue weighted by molar-refractivity contribution is 0.0174. The van der Waals surface area contributed by atoms with Crippen molar-refractivity contribution in [3.63, 3.8) is 0 Å². The topological polar surface area (TPSA) is 18.5 Å². The minimum absolute atomic E-state index is 0.259. The average Bonchev–Trinajstić information content (AvgIpc) is 1.96. The maximum atomic E-state index is 5.26. The van der Waals surface area contributed by atoms with Crippen LogP contribution >= 0.6 is 0 Å². The van der Waals surface area contributed by atoms with Gasteiger partial charge in [0.1, 0.15) is 0 Å². The number of ether oxygens (including phenoxy) is 2. The van der Waals surface area contributed by atoms with Gasteiger partial charge in [-0.15, -0.1) is 0 Å². The van der Waals surface area contributed by atoms with Crippen LogP contribution in [-0.2, 0) is 9.47 Å². The summed E-state index contributed by atoms with van der Waals surface area (Å²) in [5.74, 6) is 0. The quantitative estimate of drug-likeness (QED) is 0.637. The summed E-state index contributed by atoms with van der Waals surface area (Å²) in [5, 5.41) is 0. The molecule has 0 aromatic rings. The van der Waals surface area contributed by atoms with Crippen LogP contribution in [0.3, 0.4) is 0 Å². The van der Waals surface area contributed by atoms with Gasteiger partial charge in [0.15, 0.2) is 0 Å². The summed E-state index contributed by atoms with van der Waals surface area (Å²) in [6, 6.07) is 0. The van der Waals surface area contributed by atoms with Gasteiger partial charge in [-0.1, -0.05) is 20.8 Å². The molecule has 0 N–H and O–H groups in total. The largest absolute Gasteiger partial charge is 0.382 e. The summed E-state index contributed by atoms with van der Waals surface area (Å²) in [4.78, 5) is 0. The summed E-state index contributed by atoms with van der Waals surface area (Å²) in [6.45, 7) is 7.43. The zero-order chi connectivity index (χ0) is 9.61. The Hall–Kier alpha value is -0.0800. The maximum absolute atomic E-state index is 5.26. The van der Waals surface area contributed by atoms with E-state index in [0.29, 0.717) is 12.0 Å². The van der Waals surface area contributed by atoms with Crippen molar-refractivity contribution < 1.29 is 9.47 Å². The van der Waals surface area contributed by atoms with Crippen molar-refractivity contribution in [3.8, 4) is 0 Å². The molecular formula is C10H22O2. The highest BCUT2D eigenvalue weighted by atomic mass is 16.5. The highest BCUT2D eigenvalue weighted by Gasteiger charge is 2.14. The van der Waals surface area contributed by atoms with Crippen LogP contribution in [0.4, 0.5) is 0 Å². The van der Waals surface area contributed by atoms with Gasteiger partial charge in [0.05, 0.1) is 12.7 Å². The zero-order valence-corrected chi connectivity index (χ0v) is 9.02. The molecule has 0 bridgehead atoms. The van der Waals surface area contributed by atoms with Crippen LogP contribution in [0.2, 0.25) is 0 Å². The second-order valence-corrected chi connectivity index (χ2v) is 4.41. The van der Waals surface area contributed by atoms with E-state index in [1.807, 2.05) is 0 Å². The fourth-order valence-corrected chi connectivity index (χ4v) is 1.05. The molecule has 0 heterocycles. The van der Waals surface area contributed by atoms with E-state index >= 15 is 0 Å². The predicted octanol–water partition coefficient (Wildman–Crippen LogP) is 2.47. The summed E-state index contributed by atoms with van der Waals surface area (Å²) in [6.07, 6.45) is 2.51. The molecule has 0 spiro atoms. The van der Waals surface area contributed by atoms with Crippen LogP contribution in [0.1, 0.15) is 33.6 Å². The number of hydrogen-bond donors (Lipinski definition) is 0. The van der Waals surface area contributed by atoms with Crippen molar-refractivity contribution in [1.82, 2.24) is 0 Å². The van der Waals surface area contributed by atoms with Crippen molar-refractivity contribution in [2.75, 3.05) is 20.8 Å². The third-order valence-electron chi connectivity index (χ3n) is 1.90. The van der Waals surface area contributed by atoms with Gasteiger partial charge in [-0.05, 0) is 18.3 Å². The van der Waals surface area contributed by atoms with Crippen molar-refractivity contribution in [2.24, 2.45) is 5.41 Å². The van der Waals surface area contributed by atoms with E-state index in [-0.39, 0.29) is 6.10 Å². The fraction of sp³-hybridized carbons (Fsp3) is 1.00. The molecule has 2 heteroatoms. The smallest absolute Gasteiger partial charge is 0.0804 e. The van der Waals surface area contributed by atoms with Gasteiger partial charge >= 0.3 is 0 Å². The minimum atomic E-state index is 0.259. The van der Waals surface area contributed by atoms with Crippen molar-refractivity contribution in [3.05, 3.63) is 0 Å². The molecule has 1 unspecified atom stereocenters. The lowest BCUT2D eigenvalue weighted by Gasteiger charge is -2.21. The van der Waals surface area contributed by atoms with E-state index < -0.39 is 0 Å². The average molecular weight is 174 g/mol. The van der Waals surface area contributed by atoms with E-state index in [9.17, 15) is 0 Å². The molecule has 0 radical (unpaired) electrons. The van der Waals surface area contributed by atoms with E-state index in [0.717, 1.165) is 6.42 Å². The lowest BCUT2D eigenvalue weighted by atomic mass is 9.89. The summed E-state index contributed by atoms with van der Waals surface area (Å²) >= 11 is 0. The van der Waals surface area contributed by atoms with Gasteiger partial charge in [0.2, 0.25) is 0 Å². The standard InChI is InChI=1S/C10H22O2/c1-10(2,3)7-6-9(12-5)8-11-4/h9H,6-8H2,1-5H3. The normalized spacial score (nSPS) is 14.8. The first-order valence-corrected chi connectivity index (χ1v) is 4.51. The number of methoxy groups -OCH3 is 2. The van der Waals surface area contributed by atoms with E-state index in [1.165, 1.54) is 6.42 Å². The molecule has 2 nitrogen and oxygen atoms in total. The molecule has 0 aliphatic heterocycles. The Morgan fingerprint density at radius 3 is 2.08 bits per heavy atom. The van der Waals surface area contributed by atoms with Gasteiger partial charge in [-0.2, -0.15) is 0 Å². The van der Waals surface area contributed by atoms with Gasteiger partial charge in [0.25, 0.3) is 0 Å². The van der Waals surface area contributed by atoms with Crippen LogP contribution in [0.5, 0.6) is 0 Å². The first-order chi connectivity index (χ1) is 5.49. The molecule has 0 fully saturated rings. The molecule has 12 heavy (non-hydrogen) atoms. The zero-order valence-electron chi connectivity index (χ0n) is 9.02. The molecule has 1 atom stereocenters. The first kappa shape index (κ1) is 11.9. The Morgan fingerprint density at radius 1 is 1.17 bits per heavy atom. The third kappa shape index (κ3) is 6.62. The van der Waals surface area contributed by atoms with Crippen LogP contribution in [-0.4, -0.2) is 26.9 Å². The lowest BCUT2D eigenvalue weighted by Crippen LogP contribution is -2.20. The highest BCUT2D eigenvalue weighted by molar-refractivity contribution is 4.65. The number of hydrogen-bond acceptors (Lipinski definition) is 2. The van der Waals surface area contributed by atoms with Crippen LogP contribution in [0.15, 0.2) is 0 Å². The Bertz CT molecular complexity index is 105. The molecule has 0 rings (SSSR count). The Labute approximate surface area is 76.3 Å². The van der Waals surface area contributed by atoms with Crippen molar-refractivity contribution in [2.45, 2.75) is 39.7 Å². The molecule has 0 aliphatic rings. The van der Waals surface area contributed by atoms with E-state index in [4.69, 9.17) is 9.47 Å². The Balaban J connectivity index is 3.58. The Morgan fingerprint density at radius 2 is 1.75 bits per heavy atom. The predicted molar refractivity (Wildman–Crippen MR) is 51.4 cm³/mol. The maximum Gasteiger partial charge on any atom is 0.0804 e. The molecular weight excluding hydrogens is 152 g/mol. The van der Waals surface area contributed by atoms with Crippen molar-refractivity contribution in [1.29, 1.82) is 0 Å². The highest BCUT2D eigenvalue weighted by Crippen LogP contribution is 2.22. The second-order valence-electron chi connectivity index (χ2n) is 4.41.